The second-order valence-electron chi connectivity index (χ2n) is 4.78. The molecule has 3 rings (SSSR count). The van der Waals surface area contributed by atoms with Crippen LogP contribution in [0, 0.1) is 6.92 Å². The van der Waals surface area contributed by atoms with E-state index in [0.717, 1.165) is 17.1 Å². The molecule has 3 aromatic rings. The highest BCUT2D eigenvalue weighted by molar-refractivity contribution is 5.87. The molecule has 1 heterocycles. The predicted molar refractivity (Wildman–Crippen MR) is 77.1 cm³/mol. The van der Waals surface area contributed by atoms with Gasteiger partial charge in [-0.2, -0.15) is 0 Å². The van der Waals surface area contributed by atoms with Gasteiger partial charge in [0.05, 0.1) is 18.5 Å². The molecular formula is C16H16N2O. The van der Waals surface area contributed by atoms with Crippen LogP contribution in [0.5, 0.6) is 0 Å². The summed E-state index contributed by atoms with van der Waals surface area (Å²) in [5.41, 5.74) is 3.38. The van der Waals surface area contributed by atoms with Crippen LogP contribution < -0.4 is 0 Å². The summed E-state index contributed by atoms with van der Waals surface area (Å²) in [5.74, 6) is 0.821. The average molecular weight is 252 g/mol. The number of hydrogen-bond donors (Lipinski definition) is 2. The van der Waals surface area contributed by atoms with Gasteiger partial charge in [-0.25, -0.2) is 4.98 Å². The maximum absolute atomic E-state index is 8.91. The molecule has 0 saturated heterocycles. The Labute approximate surface area is 111 Å². The lowest BCUT2D eigenvalue weighted by Gasteiger charge is -2.03. The molecule has 1 aromatic heterocycles. The van der Waals surface area contributed by atoms with Crippen molar-refractivity contribution in [2.24, 2.45) is 0 Å². The fourth-order valence-corrected chi connectivity index (χ4v) is 2.27. The first-order chi connectivity index (χ1) is 9.26. The molecule has 0 atom stereocenters. The van der Waals surface area contributed by atoms with E-state index in [-0.39, 0.29) is 6.61 Å². The number of rotatable bonds is 3. The molecule has 0 bridgehead atoms. The van der Waals surface area contributed by atoms with Crippen molar-refractivity contribution in [1.29, 1.82) is 0 Å². The minimum absolute atomic E-state index is 0.115. The van der Waals surface area contributed by atoms with Crippen LogP contribution in [0.15, 0.2) is 42.6 Å². The van der Waals surface area contributed by atoms with Crippen molar-refractivity contribution in [3.63, 3.8) is 0 Å². The summed E-state index contributed by atoms with van der Waals surface area (Å²) < 4.78 is 0. The lowest BCUT2D eigenvalue weighted by atomic mass is 10.0. The number of aliphatic hydroxyl groups excluding tert-OH is 1. The number of H-pyrrole nitrogens is 1. The number of aromatic nitrogens is 2. The number of aromatic amines is 1. The number of aliphatic hydroxyl groups is 1. The van der Waals surface area contributed by atoms with E-state index >= 15 is 0 Å². The molecule has 96 valence electrons. The molecule has 0 aliphatic heterocycles. The third-order valence-corrected chi connectivity index (χ3v) is 3.28. The first-order valence-corrected chi connectivity index (χ1v) is 6.42. The van der Waals surface area contributed by atoms with E-state index in [4.69, 9.17) is 5.11 Å². The molecule has 0 unspecified atom stereocenters. The van der Waals surface area contributed by atoms with Gasteiger partial charge >= 0.3 is 0 Å². The molecule has 0 aliphatic carbocycles. The monoisotopic (exact) mass is 252 g/mol. The standard InChI is InChI=1S/C16H16N2O/c1-11-2-3-13-9-14(5-4-12(13)8-11)15-10-17-16(18-15)6-7-19/h2-5,8-10,19H,6-7H2,1H3,(H,17,18). The number of hydrogen-bond acceptors (Lipinski definition) is 2. The maximum atomic E-state index is 8.91. The number of benzene rings is 2. The Morgan fingerprint density at radius 3 is 2.74 bits per heavy atom. The minimum Gasteiger partial charge on any atom is -0.396 e. The summed E-state index contributed by atoms with van der Waals surface area (Å²) in [5, 5.41) is 11.4. The molecule has 0 spiro atoms. The van der Waals surface area contributed by atoms with Crippen molar-refractivity contribution in [3.8, 4) is 11.3 Å². The summed E-state index contributed by atoms with van der Waals surface area (Å²) in [6, 6.07) is 12.8. The number of imidazole rings is 1. The summed E-state index contributed by atoms with van der Waals surface area (Å²) in [4.78, 5) is 7.50. The molecule has 0 amide bonds. The summed E-state index contributed by atoms with van der Waals surface area (Å²) >= 11 is 0. The molecule has 0 radical (unpaired) electrons. The Morgan fingerprint density at radius 1 is 1.11 bits per heavy atom. The van der Waals surface area contributed by atoms with Gasteiger partial charge in [-0.15, -0.1) is 0 Å². The highest BCUT2D eigenvalue weighted by Crippen LogP contribution is 2.24. The Hall–Kier alpha value is -2.13. The Kier molecular flexibility index (Phi) is 3.05. The molecule has 2 N–H and O–H groups in total. The zero-order valence-electron chi connectivity index (χ0n) is 10.9. The lowest BCUT2D eigenvalue weighted by molar-refractivity contribution is 0.297. The van der Waals surface area contributed by atoms with Gasteiger partial charge in [-0.3, -0.25) is 0 Å². The van der Waals surface area contributed by atoms with E-state index in [1.807, 2.05) is 6.20 Å². The van der Waals surface area contributed by atoms with Crippen molar-refractivity contribution in [2.45, 2.75) is 13.3 Å². The van der Waals surface area contributed by atoms with Crippen LogP contribution >= 0.6 is 0 Å². The minimum atomic E-state index is 0.115. The van der Waals surface area contributed by atoms with Crippen LogP contribution in [0.25, 0.3) is 22.0 Å². The van der Waals surface area contributed by atoms with Crippen molar-refractivity contribution in [3.05, 3.63) is 54.0 Å². The topological polar surface area (TPSA) is 48.9 Å². The largest absolute Gasteiger partial charge is 0.396 e. The zero-order valence-corrected chi connectivity index (χ0v) is 10.9. The quantitative estimate of drug-likeness (QED) is 0.752. The van der Waals surface area contributed by atoms with Crippen molar-refractivity contribution in [1.82, 2.24) is 9.97 Å². The highest BCUT2D eigenvalue weighted by atomic mass is 16.3. The van der Waals surface area contributed by atoms with Gasteiger partial charge in [-0.05, 0) is 23.8 Å². The van der Waals surface area contributed by atoms with Crippen molar-refractivity contribution >= 4 is 10.8 Å². The number of nitrogens with one attached hydrogen (secondary N) is 1. The molecular weight excluding hydrogens is 236 g/mol. The van der Waals surface area contributed by atoms with Gasteiger partial charge in [-0.1, -0.05) is 35.9 Å². The summed E-state index contributed by atoms with van der Waals surface area (Å²) in [7, 11) is 0. The van der Waals surface area contributed by atoms with Crippen LogP contribution in [0.1, 0.15) is 11.4 Å². The second-order valence-corrected chi connectivity index (χ2v) is 4.78. The third-order valence-electron chi connectivity index (χ3n) is 3.28. The first kappa shape index (κ1) is 11.9. The van der Waals surface area contributed by atoms with Crippen LogP contribution in [0.2, 0.25) is 0 Å². The van der Waals surface area contributed by atoms with E-state index in [1.54, 1.807) is 0 Å². The molecule has 0 saturated carbocycles. The van der Waals surface area contributed by atoms with Crippen molar-refractivity contribution in [2.75, 3.05) is 6.61 Å². The van der Waals surface area contributed by atoms with Gasteiger partial charge in [0.1, 0.15) is 5.82 Å². The van der Waals surface area contributed by atoms with Crippen LogP contribution in [-0.2, 0) is 6.42 Å². The van der Waals surface area contributed by atoms with Gasteiger partial charge in [0, 0.05) is 12.0 Å². The lowest BCUT2D eigenvalue weighted by Crippen LogP contribution is -1.92. The summed E-state index contributed by atoms with van der Waals surface area (Å²) in [6.07, 6.45) is 2.38. The number of aryl methyl sites for hydroxylation is 1. The predicted octanol–water partition coefficient (Wildman–Crippen LogP) is 3.07. The maximum Gasteiger partial charge on any atom is 0.108 e. The van der Waals surface area contributed by atoms with Gasteiger partial charge < -0.3 is 10.1 Å². The Balaban J connectivity index is 2.02. The smallest absolute Gasteiger partial charge is 0.108 e. The van der Waals surface area contributed by atoms with Gasteiger partial charge in [0.2, 0.25) is 0 Å². The second kappa shape index (κ2) is 4.86. The van der Waals surface area contributed by atoms with E-state index in [9.17, 15) is 0 Å². The molecule has 2 aromatic carbocycles. The SMILES string of the molecule is Cc1ccc2cc(-c3cnc(CCO)[nH]3)ccc2c1. The molecule has 0 fully saturated rings. The Bertz CT molecular complexity index is 716. The van der Waals surface area contributed by atoms with Crippen LogP contribution in [0.3, 0.4) is 0 Å². The van der Waals surface area contributed by atoms with Crippen molar-refractivity contribution < 1.29 is 5.11 Å². The molecule has 3 nitrogen and oxygen atoms in total. The molecule has 19 heavy (non-hydrogen) atoms. The highest BCUT2D eigenvalue weighted by Gasteiger charge is 2.04. The first-order valence-electron chi connectivity index (χ1n) is 6.42. The van der Waals surface area contributed by atoms with Crippen LogP contribution in [0.4, 0.5) is 0 Å². The van der Waals surface area contributed by atoms with E-state index < -0.39 is 0 Å². The fourth-order valence-electron chi connectivity index (χ4n) is 2.27. The van der Waals surface area contributed by atoms with E-state index in [1.165, 1.54) is 16.3 Å². The van der Waals surface area contributed by atoms with Crippen LogP contribution in [-0.4, -0.2) is 21.7 Å². The average Bonchev–Trinajstić information content (AvgIpc) is 2.87. The Morgan fingerprint density at radius 2 is 1.89 bits per heavy atom. The molecule has 3 heteroatoms. The molecule has 0 aliphatic rings. The van der Waals surface area contributed by atoms with Gasteiger partial charge in [0.15, 0.2) is 0 Å². The number of nitrogens with zero attached hydrogens (tertiary/aromatic N) is 1. The fraction of sp³-hybridized carbons (Fsp3) is 0.188. The normalized spacial score (nSPS) is 11.1. The number of fused-ring (bicyclic) bond motifs is 1. The zero-order chi connectivity index (χ0) is 13.2. The van der Waals surface area contributed by atoms with Gasteiger partial charge in [0.25, 0.3) is 0 Å². The summed E-state index contributed by atoms with van der Waals surface area (Å²) in [6.45, 7) is 2.22. The van der Waals surface area contributed by atoms with E-state index in [2.05, 4.69) is 53.3 Å². The third kappa shape index (κ3) is 2.37. The van der Waals surface area contributed by atoms with E-state index in [0.29, 0.717) is 6.42 Å².